The molecule has 0 saturated heterocycles. The number of carbonyl (C=O) groups is 1. The predicted molar refractivity (Wildman–Crippen MR) is 71.4 cm³/mol. The fraction of sp³-hybridized carbons (Fsp3) is 0.308. The van der Waals surface area contributed by atoms with Crippen LogP contribution < -0.4 is 4.90 Å². The quantitative estimate of drug-likeness (QED) is 0.482. The number of nitro benzene ring substituents is 1. The van der Waals surface area contributed by atoms with Crippen molar-refractivity contribution in [3.8, 4) is 12.3 Å². The van der Waals surface area contributed by atoms with Gasteiger partial charge in [-0.2, -0.15) is 0 Å². The monoisotopic (exact) mass is 262 g/mol. The van der Waals surface area contributed by atoms with Crippen molar-refractivity contribution in [1.29, 1.82) is 0 Å². The van der Waals surface area contributed by atoms with E-state index >= 15 is 0 Å². The van der Waals surface area contributed by atoms with Crippen molar-refractivity contribution >= 4 is 17.3 Å². The zero-order valence-electron chi connectivity index (χ0n) is 10.5. The molecule has 0 aromatic heterocycles. The molecule has 6 heteroatoms. The second-order valence-corrected chi connectivity index (χ2v) is 3.89. The lowest BCUT2D eigenvalue weighted by Crippen LogP contribution is -2.25. The second-order valence-electron chi connectivity index (χ2n) is 3.89. The van der Waals surface area contributed by atoms with E-state index in [0.717, 1.165) is 6.42 Å². The summed E-state index contributed by atoms with van der Waals surface area (Å²) >= 11 is 0. The highest BCUT2D eigenvalue weighted by Crippen LogP contribution is 2.29. The molecular weight excluding hydrogens is 248 g/mol. The Morgan fingerprint density at radius 1 is 1.58 bits per heavy atom. The molecule has 1 N–H and O–H groups in total. The van der Waals surface area contributed by atoms with Crippen LogP contribution in [-0.4, -0.2) is 29.1 Å². The van der Waals surface area contributed by atoms with E-state index in [1.807, 2.05) is 6.92 Å². The fourth-order valence-corrected chi connectivity index (χ4v) is 1.73. The van der Waals surface area contributed by atoms with Crippen LogP contribution in [0.2, 0.25) is 0 Å². The van der Waals surface area contributed by atoms with E-state index in [1.54, 1.807) is 4.90 Å². The molecule has 0 aliphatic rings. The highest BCUT2D eigenvalue weighted by molar-refractivity contribution is 5.90. The second kappa shape index (κ2) is 6.40. The molecule has 1 aromatic carbocycles. The average Bonchev–Trinajstić information content (AvgIpc) is 2.37. The Morgan fingerprint density at radius 2 is 2.26 bits per heavy atom. The molecule has 0 atom stereocenters. The van der Waals surface area contributed by atoms with Crippen LogP contribution in [-0.2, 0) is 0 Å². The molecule has 0 fully saturated rings. The number of aromatic carboxylic acids is 1. The molecule has 0 heterocycles. The summed E-state index contributed by atoms with van der Waals surface area (Å²) in [5, 5.41) is 19.9. The molecule has 0 saturated carbocycles. The number of hydrogen-bond acceptors (Lipinski definition) is 4. The van der Waals surface area contributed by atoms with E-state index < -0.39 is 10.9 Å². The van der Waals surface area contributed by atoms with Crippen LogP contribution in [0.5, 0.6) is 0 Å². The Bertz CT molecular complexity index is 534. The van der Waals surface area contributed by atoms with Gasteiger partial charge in [0.25, 0.3) is 5.69 Å². The molecule has 1 aromatic rings. The topological polar surface area (TPSA) is 83.7 Å². The number of nitrogens with zero attached hydrogens (tertiary/aromatic N) is 2. The van der Waals surface area contributed by atoms with E-state index in [4.69, 9.17) is 11.5 Å². The number of rotatable bonds is 6. The van der Waals surface area contributed by atoms with Crippen molar-refractivity contribution in [2.24, 2.45) is 0 Å². The van der Waals surface area contributed by atoms with Crippen LogP contribution in [0.25, 0.3) is 0 Å². The summed E-state index contributed by atoms with van der Waals surface area (Å²) < 4.78 is 0. The lowest BCUT2D eigenvalue weighted by atomic mass is 10.1. The van der Waals surface area contributed by atoms with Gasteiger partial charge in [0.2, 0.25) is 0 Å². The summed E-state index contributed by atoms with van der Waals surface area (Å²) in [5.74, 6) is 1.29. The SMILES string of the molecule is C#CCN(CCC)c1cc(C(=O)O)ccc1[N+](=O)[O-]. The highest BCUT2D eigenvalue weighted by Gasteiger charge is 2.20. The van der Waals surface area contributed by atoms with Gasteiger partial charge in [-0.25, -0.2) is 4.79 Å². The summed E-state index contributed by atoms with van der Waals surface area (Å²) in [7, 11) is 0. The third-order valence-electron chi connectivity index (χ3n) is 2.54. The minimum atomic E-state index is -1.13. The van der Waals surface area contributed by atoms with Gasteiger partial charge in [-0.1, -0.05) is 12.8 Å². The number of anilines is 1. The van der Waals surface area contributed by atoms with Gasteiger partial charge < -0.3 is 10.0 Å². The molecule has 1 rings (SSSR count). The fourth-order valence-electron chi connectivity index (χ4n) is 1.73. The first kappa shape index (κ1) is 14.5. The first-order chi connectivity index (χ1) is 9.01. The van der Waals surface area contributed by atoms with Gasteiger partial charge >= 0.3 is 5.97 Å². The van der Waals surface area contributed by atoms with Gasteiger partial charge in [0.05, 0.1) is 17.0 Å². The number of benzene rings is 1. The summed E-state index contributed by atoms with van der Waals surface area (Å²) in [6.45, 7) is 2.63. The summed E-state index contributed by atoms with van der Waals surface area (Å²) in [4.78, 5) is 23.0. The molecule has 0 radical (unpaired) electrons. The summed E-state index contributed by atoms with van der Waals surface area (Å²) in [6, 6.07) is 3.69. The molecule has 100 valence electrons. The lowest BCUT2D eigenvalue weighted by Gasteiger charge is -2.21. The number of hydrogen-bond donors (Lipinski definition) is 1. The zero-order chi connectivity index (χ0) is 14.4. The van der Waals surface area contributed by atoms with Crippen molar-refractivity contribution in [2.75, 3.05) is 18.0 Å². The maximum atomic E-state index is 11.0. The first-order valence-electron chi connectivity index (χ1n) is 5.71. The first-order valence-corrected chi connectivity index (χ1v) is 5.71. The minimum absolute atomic E-state index is 0.00118. The van der Waals surface area contributed by atoms with Gasteiger partial charge in [0, 0.05) is 12.6 Å². The van der Waals surface area contributed by atoms with Crippen molar-refractivity contribution in [1.82, 2.24) is 0 Å². The molecular formula is C13H14N2O4. The molecule has 6 nitrogen and oxygen atoms in total. The smallest absolute Gasteiger partial charge is 0.335 e. The van der Waals surface area contributed by atoms with Crippen LogP contribution in [0.1, 0.15) is 23.7 Å². The predicted octanol–water partition coefficient (Wildman–Crippen LogP) is 2.14. The van der Waals surface area contributed by atoms with Gasteiger partial charge in [-0.15, -0.1) is 6.42 Å². The van der Waals surface area contributed by atoms with E-state index in [9.17, 15) is 14.9 Å². The average molecular weight is 262 g/mol. The van der Waals surface area contributed by atoms with Crippen molar-refractivity contribution in [2.45, 2.75) is 13.3 Å². The Hall–Kier alpha value is -2.55. The van der Waals surface area contributed by atoms with Crippen molar-refractivity contribution in [3.63, 3.8) is 0 Å². The van der Waals surface area contributed by atoms with E-state index in [-0.39, 0.29) is 23.5 Å². The maximum Gasteiger partial charge on any atom is 0.335 e. The zero-order valence-corrected chi connectivity index (χ0v) is 10.5. The van der Waals surface area contributed by atoms with E-state index in [1.165, 1.54) is 18.2 Å². The van der Waals surface area contributed by atoms with Crippen LogP contribution in [0.15, 0.2) is 18.2 Å². The Labute approximate surface area is 110 Å². The molecule has 0 bridgehead atoms. The number of carboxylic acid groups (broad SMARTS) is 1. The maximum absolute atomic E-state index is 11.0. The highest BCUT2D eigenvalue weighted by atomic mass is 16.6. The summed E-state index contributed by atoms with van der Waals surface area (Å²) in [5.41, 5.74) is 0.0946. The molecule has 0 aliphatic carbocycles. The normalized spacial score (nSPS) is 9.68. The lowest BCUT2D eigenvalue weighted by molar-refractivity contribution is -0.384. The van der Waals surface area contributed by atoms with Crippen LogP contribution in [0.4, 0.5) is 11.4 Å². The van der Waals surface area contributed by atoms with Crippen molar-refractivity contribution < 1.29 is 14.8 Å². The van der Waals surface area contributed by atoms with Crippen molar-refractivity contribution in [3.05, 3.63) is 33.9 Å². The molecule has 0 unspecified atom stereocenters. The largest absolute Gasteiger partial charge is 0.478 e. The molecule has 0 amide bonds. The molecule has 19 heavy (non-hydrogen) atoms. The molecule has 0 aliphatic heterocycles. The van der Waals surface area contributed by atoms with Crippen LogP contribution >= 0.6 is 0 Å². The number of carboxylic acids is 1. The van der Waals surface area contributed by atoms with Gasteiger partial charge in [-0.3, -0.25) is 10.1 Å². The molecule has 0 spiro atoms. The van der Waals surface area contributed by atoms with Gasteiger partial charge in [-0.05, 0) is 18.6 Å². The Kier molecular flexibility index (Phi) is 4.89. The third kappa shape index (κ3) is 3.45. The van der Waals surface area contributed by atoms with E-state index in [2.05, 4.69) is 5.92 Å². The Balaban J connectivity index is 3.33. The van der Waals surface area contributed by atoms with Crippen LogP contribution in [0.3, 0.4) is 0 Å². The van der Waals surface area contributed by atoms with Gasteiger partial charge in [0.1, 0.15) is 5.69 Å². The van der Waals surface area contributed by atoms with Crippen LogP contribution in [0, 0.1) is 22.5 Å². The summed E-state index contributed by atoms with van der Waals surface area (Å²) in [6.07, 6.45) is 5.99. The van der Waals surface area contributed by atoms with E-state index in [0.29, 0.717) is 6.54 Å². The van der Waals surface area contributed by atoms with Gasteiger partial charge in [0.15, 0.2) is 0 Å². The third-order valence-corrected chi connectivity index (χ3v) is 2.54. The number of terminal acetylenes is 1. The number of nitro groups is 1. The minimum Gasteiger partial charge on any atom is -0.478 e. The Morgan fingerprint density at radius 3 is 2.74 bits per heavy atom. The standard InChI is InChI=1S/C13H14N2O4/c1-3-7-14(8-4-2)12-9-10(13(16)17)5-6-11(12)15(18)19/h1,5-6,9H,4,7-8H2,2H3,(H,16,17).